The molecule has 3 rings (SSSR count). The number of pyridine rings is 1. The van der Waals surface area contributed by atoms with Crippen molar-refractivity contribution in [2.75, 3.05) is 12.4 Å². The van der Waals surface area contributed by atoms with Gasteiger partial charge in [0.15, 0.2) is 0 Å². The number of anilines is 1. The van der Waals surface area contributed by atoms with Gasteiger partial charge in [-0.05, 0) is 43.3 Å². The summed E-state index contributed by atoms with van der Waals surface area (Å²) in [4.78, 5) is 28.5. The summed E-state index contributed by atoms with van der Waals surface area (Å²) >= 11 is 0. The Hall–Kier alpha value is -3.47. The van der Waals surface area contributed by atoms with Crippen LogP contribution in [0.4, 0.5) is 5.69 Å². The Morgan fingerprint density at radius 2 is 1.62 bits per heavy atom. The Morgan fingerprint density at radius 1 is 0.923 bits per heavy atom. The first-order chi connectivity index (χ1) is 12.6. The molecule has 0 aliphatic rings. The minimum atomic E-state index is -0.417. The fourth-order valence-corrected chi connectivity index (χ4v) is 2.58. The number of rotatable bonds is 4. The second kappa shape index (κ2) is 7.61. The third-order valence-corrected chi connectivity index (χ3v) is 3.96. The van der Waals surface area contributed by atoms with Crippen LogP contribution in [0, 0.1) is 6.92 Å². The molecule has 0 saturated carbocycles. The molecule has 1 aromatic heterocycles. The zero-order valence-electron chi connectivity index (χ0n) is 14.5. The molecule has 0 fully saturated rings. The number of carbonyl (C=O) groups excluding carboxylic acids is 2. The second-order valence-electron chi connectivity index (χ2n) is 5.72. The number of nitrogens with zero attached hydrogens (tertiary/aromatic N) is 1. The van der Waals surface area contributed by atoms with Gasteiger partial charge in [-0.25, -0.2) is 4.79 Å². The summed E-state index contributed by atoms with van der Waals surface area (Å²) in [5.74, 6) is -0.667. The van der Waals surface area contributed by atoms with Crippen LogP contribution in [-0.2, 0) is 4.74 Å². The highest BCUT2D eigenvalue weighted by atomic mass is 16.5. The predicted octanol–water partition coefficient (Wildman–Crippen LogP) is 4.10. The maximum atomic E-state index is 12.5. The summed E-state index contributed by atoms with van der Waals surface area (Å²) in [6.45, 7) is 1.81. The Morgan fingerprint density at radius 3 is 2.23 bits per heavy atom. The summed E-state index contributed by atoms with van der Waals surface area (Å²) < 4.78 is 4.66. The molecule has 0 unspecified atom stereocenters. The van der Waals surface area contributed by atoms with Gasteiger partial charge in [0, 0.05) is 11.3 Å². The lowest BCUT2D eigenvalue weighted by molar-refractivity contribution is 0.0600. The number of aromatic nitrogens is 1. The van der Waals surface area contributed by atoms with Crippen molar-refractivity contribution in [2.45, 2.75) is 6.92 Å². The summed E-state index contributed by atoms with van der Waals surface area (Å²) in [5.41, 5.74) is 3.99. The molecule has 0 radical (unpaired) electrons. The topological polar surface area (TPSA) is 68.3 Å². The van der Waals surface area contributed by atoms with Crippen molar-refractivity contribution >= 4 is 17.6 Å². The van der Waals surface area contributed by atoms with Gasteiger partial charge in [0.25, 0.3) is 5.91 Å². The fraction of sp³-hybridized carbons (Fsp3) is 0.0952. The smallest absolute Gasteiger partial charge is 0.337 e. The molecule has 26 heavy (non-hydrogen) atoms. The molecule has 0 bridgehead atoms. The Bertz CT molecular complexity index is 935. The summed E-state index contributed by atoms with van der Waals surface area (Å²) in [7, 11) is 1.33. The highest BCUT2D eigenvalue weighted by molar-refractivity contribution is 6.05. The van der Waals surface area contributed by atoms with Crippen LogP contribution in [0.25, 0.3) is 11.3 Å². The van der Waals surface area contributed by atoms with Crippen LogP contribution >= 0.6 is 0 Å². The molecule has 5 nitrogen and oxygen atoms in total. The van der Waals surface area contributed by atoms with Crippen LogP contribution in [0.3, 0.4) is 0 Å². The summed E-state index contributed by atoms with van der Waals surface area (Å²) in [6.07, 6.45) is 0. The molecule has 1 heterocycles. The molecule has 130 valence electrons. The van der Waals surface area contributed by atoms with E-state index in [1.165, 1.54) is 7.11 Å². The standard InChI is InChI=1S/C21H18N2O3/c1-14-18(12-13-19(22-14)15-6-4-3-5-7-15)20(24)23-17-10-8-16(9-11-17)21(25)26-2/h3-13H,1-2H3,(H,23,24). The van der Waals surface area contributed by atoms with Crippen molar-refractivity contribution in [1.82, 2.24) is 4.98 Å². The largest absolute Gasteiger partial charge is 0.465 e. The van der Waals surface area contributed by atoms with Gasteiger partial charge in [-0.2, -0.15) is 0 Å². The van der Waals surface area contributed by atoms with Crippen molar-refractivity contribution in [3.8, 4) is 11.3 Å². The molecule has 1 N–H and O–H groups in total. The van der Waals surface area contributed by atoms with Gasteiger partial charge in [-0.15, -0.1) is 0 Å². The average Bonchev–Trinajstić information content (AvgIpc) is 2.68. The zero-order chi connectivity index (χ0) is 18.5. The molecular formula is C21H18N2O3. The van der Waals surface area contributed by atoms with Crippen molar-refractivity contribution in [2.24, 2.45) is 0 Å². The monoisotopic (exact) mass is 346 g/mol. The minimum Gasteiger partial charge on any atom is -0.465 e. The van der Waals surface area contributed by atoms with Gasteiger partial charge < -0.3 is 10.1 Å². The van der Waals surface area contributed by atoms with E-state index in [1.807, 2.05) is 43.3 Å². The SMILES string of the molecule is COC(=O)c1ccc(NC(=O)c2ccc(-c3ccccc3)nc2C)cc1. The van der Waals surface area contributed by atoms with Crippen LogP contribution in [0.1, 0.15) is 26.4 Å². The van der Waals surface area contributed by atoms with E-state index in [9.17, 15) is 9.59 Å². The molecule has 0 aliphatic carbocycles. The number of hydrogen-bond donors (Lipinski definition) is 1. The third kappa shape index (κ3) is 3.78. The third-order valence-electron chi connectivity index (χ3n) is 3.96. The van der Waals surface area contributed by atoms with E-state index in [1.54, 1.807) is 30.3 Å². The zero-order valence-corrected chi connectivity index (χ0v) is 14.5. The number of methoxy groups -OCH3 is 1. The van der Waals surface area contributed by atoms with Gasteiger partial charge in [-0.1, -0.05) is 30.3 Å². The molecule has 2 aromatic carbocycles. The molecular weight excluding hydrogens is 328 g/mol. The van der Waals surface area contributed by atoms with Crippen molar-refractivity contribution < 1.29 is 14.3 Å². The van der Waals surface area contributed by atoms with E-state index >= 15 is 0 Å². The second-order valence-corrected chi connectivity index (χ2v) is 5.72. The number of aryl methyl sites for hydroxylation is 1. The lowest BCUT2D eigenvalue weighted by Gasteiger charge is -2.09. The van der Waals surface area contributed by atoms with Gasteiger partial charge in [0.05, 0.1) is 29.6 Å². The predicted molar refractivity (Wildman–Crippen MR) is 100 cm³/mol. The van der Waals surface area contributed by atoms with E-state index in [4.69, 9.17) is 0 Å². The van der Waals surface area contributed by atoms with Crippen LogP contribution in [0.5, 0.6) is 0 Å². The van der Waals surface area contributed by atoms with E-state index < -0.39 is 5.97 Å². The van der Waals surface area contributed by atoms with Crippen molar-refractivity contribution in [3.05, 3.63) is 83.6 Å². The summed E-state index contributed by atoms with van der Waals surface area (Å²) in [6, 6.07) is 19.9. The van der Waals surface area contributed by atoms with Crippen LogP contribution in [0.15, 0.2) is 66.7 Å². The Balaban J connectivity index is 1.77. The van der Waals surface area contributed by atoms with Crippen molar-refractivity contribution in [3.63, 3.8) is 0 Å². The van der Waals surface area contributed by atoms with E-state index in [0.717, 1.165) is 11.3 Å². The molecule has 0 saturated heterocycles. The number of hydrogen-bond acceptors (Lipinski definition) is 4. The molecule has 0 aliphatic heterocycles. The van der Waals surface area contributed by atoms with Crippen molar-refractivity contribution in [1.29, 1.82) is 0 Å². The number of amides is 1. The van der Waals surface area contributed by atoms with Crippen LogP contribution in [0.2, 0.25) is 0 Å². The average molecular weight is 346 g/mol. The first kappa shape index (κ1) is 17.4. The van der Waals surface area contributed by atoms with E-state index in [-0.39, 0.29) is 5.91 Å². The number of ether oxygens (including phenoxy) is 1. The maximum absolute atomic E-state index is 12.5. The van der Waals surface area contributed by atoms with E-state index in [2.05, 4.69) is 15.0 Å². The maximum Gasteiger partial charge on any atom is 0.337 e. The number of benzene rings is 2. The Labute approximate surface area is 151 Å². The minimum absolute atomic E-state index is 0.250. The quantitative estimate of drug-likeness (QED) is 0.722. The number of esters is 1. The highest BCUT2D eigenvalue weighted by Crippen LogP contribution is 2.19. The number of nitrogens with one attached hydrogen (secondary N) is 1. The van der Waals surface area contributed by atoms with Gasteiger partial charge in [0.1, 0.15) is 0 Å². The normalized spacial score (nSPS) is 10.2. The molecule has 0 atom stereocenters. The summed E-state index contributed by atoms with van der Waals surface area (Å²) in [5, 5.41) is 2.81. The lowest BCUT2D eigenvalue weighted by atomic mass is 10.1. The fourth-order valence-electron chi connectivity index (χ4n) is 2.58. The molecule has 5 heteroatoms. The van der Waals surface area contributed by atoms with Gasteiger partial charge >= 0.3 is 5.97 Å². The first-order valence-electron chi connectivity index (χ1n) is 8.11. The van der Waals surface area contributed by atoms with Crippen LogP contribution in [-0.4, -0.2) is 24.0 Å². The van der Waals surface area contributed by atoms with Gasteiger partial charge in [-0.3, -0.25) is 9.78 Å². The highest BCUT2D eigenvalue weighted by Gasteiger charge is 2.12. The number of carbonyl (C=O) groups is 2. The van der Waals surface area contributed by atoms with E-state index in [0.29, 0.717) is 22.5 Å². The molecule has 1 amide bonds. The molecule has 3 aromatic rings. The molecule has 0 spiro atoms. The first-order valence-corrected chi connectivity index (χ1v) is 8.11. The van der Waals surface area contributed by atoms with Gasteiger partial charge in [0.2, 0.25) is 0 Å². The van der Waals surface area contributed by atoms with Crippen LogP contribution < -0.4 is 5.32 Å². The lowest BCUT2D eigenvalue weighted by Crippen LogP contribution is -2.14. The Kier molecular flexibility index (Phi) is 5.08.